The van der Waals surface area contributed by atoms with Crippen LogP contribution in [0.4, 0.5) is 5.82 Å². The minimum absolute atomic E-state index is 0.102. The summed E-state index contributed by atoms with van der Waals surface area (Å²) in [5.74, 6) is 1.12. The van der Waals surface area contributed by atoms with Gasteiger partial charge in [-0.15, -0.1) is 0 Å². The second-order valence-electron chi connectivity index (χ2n) is 5.49. The van der Waals surface area contributed by atoms with E-state index in [-0.39, 0.29) is 6.04 Å². The number of aryl methyl sites for hydroxylation is 1. The SMILES string of the molecule is Cc1cc([C@H](N)c2ccccc2)cnc1N1CCCC1. The van der Waals surface area contributed by atoms with Crippen molar-refractivity contribution in [1.29, 1.82) is 0 Å². The highest BCUT2D eigenvalue weighted by atomic mass is 15.2. The van der Waals surface area contributed by atoms with E-state index in [9.17, 15) is 0 Å². The number of hydrogen-bond acceptors (Lipinski definition) is 3. The summed E-state index contributed by atoms with van der Waals surface area (Å²) in [6.45, 7) is 4.37. The third kappa shape index (κ3) is 2.54. The largest absolute Gasteiger partial charge is 0.356 e. The zero-order valence-corrected chi connectivity index (χ0v) is 11.9. The molecule has 0 aliphatic carbocycles. The fourth-order valence-corrected chi connectivity index (χ4v) is 2.87. The Morgan fingerprint density at radius 1 is 1.10 bits per heavy atom. The predicted octanol–water partition coefficient (Wildman–Crippen LogP) is 3.04. The van der Waals surface area contributed by atoms with Crippen LogP contribution in [0.15, 0.2) is 42.6 Å². The maximum Gasteiger partial charge on any atom is 0.131 e. The van der Waals surface area contributed by atoms with Crippen LogP contribution in [-0.2, 0) is 0 Å². The van der Waals surface area contributed by atoms with Gasteiger partial charge in [-0.05, 0) is 42.5 Å². The van der Waals surface area contributed by atoms with E-state index in [1.807, 2.05) is 24.4 Å². The number of aromatic nitrogens is 1. The van der Waals surface area contributed by atoms with Gasteiger partial charge in [-0.3, -0.25) is 0 Å². The lowest BCUT2D eigenvalue weighted by atomic mass is 10.00. The summed E-state index contributed by atoms with van der Waals surface area (Å²) in [5.41, 5.74) is 9.76. The summed E-state index contributed by atoms with van der Waals surface area (Å²) in [6.07, 6.45) is 4.47. The maximum absolute atomic E-state index is 6.34. The molecule has 1 saturated heterocycles. The molecule has 104 valence electrons. The number of nitrogens with zero attached hydrogens (tertiary/aromatic N) is 2. The molecule has 1 aliphatic heterocycles. The molecule has 0 spiro atoms. The summed E-state index contributed by atoms with van der Waals surface area (Å²) < 4.78 is 0. The highest BCUT2D eigenvalue weighted by molar-refractivity contribution is 5.49. The Morgan fingerprint density at radius 3 is 2.45 bits per heavy atom. The van der Waals surface area contributed by atoms with Crippen molar-refractivity contribution in [3.8, 4) is 0 Å². The molecule has 1 atom stereocenters. The van der Waals surface area contributed by atoms with Crippen LogP contribution in [-0.4, -0.2) is 18.1 Å². The molecule has 0 unspecified atom stereocenters. The van der Waals surface area contributed by atoms with Crippen molar-refractivity contribution in [3.05, 3.63) is 59.3 Å². The van der Waals surface area contributed by atoms with E-state index in [0.29, 0.717) is 0 Å². The number of anilines is 1. The minimum atomic E-state index is -0.102. The number of hydrogen-bond donors (Lipinski definition) is 1. The van der Waals surface area contributed by atoms with E-state index in [1.165, 1.54) is 18.4 Å². The second kappa shape index (κ2) is 5.63. The molecule has 20 heavy (non-hydrogen) atoms. The van der Waals surface area contributed by atoms with Crippen LogP contribution in [0.3, 0.4) is 0 Å². The number of pyridine rings is 1. The highest BCUT2D eigenvalue weighted by Crippen LogP contribution is 2.26. The molecule has 3 rings (SSSR count). The summed E-state index contributed by atoms with van der Waals surface area (Å²) >= 11 is 0. The van der Waals surface area contributed by atoms with Gasteiger partial charge in [0.05, 0.1) is 6.04 Å². The van der Waals surface area contributed by atoms with E-state index >= 15 is 0 Å². The Bertz CT molecular complexity index is 574. The Balaban J connectivity index is 1.86. The van der Waals surface area contributed by atoms with Gasteiger partial charge in [-0.25, -0.2) is 4.98 Å². The fourth-order valence-electron chi connectivity index (χ4n) is 2.87. The molecule has 1 aliphatic rings. The van der Waals surface area contributed by atoms with Crippen molar-refractivity contribution in [2.24, 2.45) is 5.73 Å². The van der Waals surface area contributed by atoms with Crippen molar-refractivity contribution in [2.75, 3.05) is 18.0 Å². The molecular weight excluding hydrogens is 246 g/mol. The van der Waals surface area contributed by atoms with Crippen molar-refractivity contribution < 1.29 is 0 Å². The van der Waals surface area contributed by atoms with Crippen LogP contribution in [0.25, 0.3) is 0 Å². The minimum Gasteiger partial charge on any atom is -0.356 e. The average Bonchev–Trinajstić information content (AvgIpc) is 3.01. The summed E-state index contributed by atoms with van der Waals surface area (Å²) in [4.78, 5) is 7.02. The smallest absolute Gasteiger partial charge is 0.131 e. The van der Waals surface area contributed by atoms with E-state index < -0.39 is 0 Å². The lowest BCUT2D eigenvalue weighted by Crippen LogP contribution is -2.21. The topological polar surface area (TPSA) is 42.1 Å². The third-order valence-corrected chi connectivity index (χ3v) is 4.00. The van der Waals surface area contributed by atoms with Gasteiger partial charge in [-0.1, -0.05) is 30.3 Å². The van der Waals surface area contributed by atoms with Crippen LogP contribution >= 0.6 is 0 Å². The first-order chi connectivity index (χ1) is 9.75. The number of benzene rings is 1. The zero-order valence-electron chi connectivity index (χ0n) is 11.9. The van der Waals surface area contributed by atoms with Crippen LogP contribution in [0.1, 0.15) is 35.6 Å². The normalized spacial score (nSPS) is 16.4. The van der Waals surface area contributed by atoms with E-state index in [4.69, 9.17) is 5.73 Å². The van der Waals surface area contributed by atoms with Crippen molar-refractivity contribution in [2.45, 2.75) is 25.8 Å². The molecule has 1 aromatic heterocycles. The van der Waals surface area contributed by atoms with Gasteiger partial charge in [-0.2, -0.15) is 0 Å². The number of nitrogens with two attached hydrogens (primary N) is 1. The standard InChI is InChI=1S/C17H21N3/c1-13-11-15(16(18)14-7-3-2-4-8-14)12-19-17(13)20-9-5-6-10-20/h2-4,7-8,11-12,16H,5-6,9-10,18H2,1H3/t16-/m1/s1. The van der Waals surface area contributed by atoms with E-state index in [1.54, 1.807) is 0 Å². The van der Waals surface area contributed by atoms with E-state index in [2.05, 4.69) is 35.0 Å². The van der Waals surface area contributed by atoms with E-state index in [0.717, 1.165) is 30.0 Å². The Labute approximate surface area is 120 Å². The summed E-state index contributed by atoms with van der Waals surface area (Å²) in [6, 6.07) is 12.3. The summed E-state index contributed by atoms with van der Waals surface area (Å²) in [7, 11) is 0. The molecule has 2 heterocycles. The van der Waals surface area contributed by atoms with Gasteiger partial charge in [0.15, 0.2) is 0 Å². The second-order valence-corrected chi connectivity index (χ2v) is 5.49. The molecule has 3 heteroatoms. The molecule has 1 fully saturated rings. The van der Waals surface area contributed by atoms with Gasteiger partial charge < -0.3 is 10.6 Å². The quantitative estimate of drug-likeness (QED) is 0.929. The number of rotatable bonds is 3. The van der Waals surface area contributed by atoms with Gasteiger partial charge in [0.2, 0.25) is 0 Å². The zero-order chi connectivity index (χ0) is 13.9. The van der Waals surface area contributed by atoms with Crippen molar-refractivity contribution >= 4 is 5.82 Å². The highest BCUT2D eigenvalue weighted by Gasteiger charge is 2.17. The molecule has 0 radical (unpaired) electrons. The van der Waals surface area contributed by atoms with Gasteiger partial charge in [0.1, 0.15) is 5.82 Å². The molecule has 2 aromatic rings. The Hall–Kier alpha value is -1.87. The molecule has 0 bridgehead atoms. The molecular formula is C17H21N3. The fraction of sp³-hybridized carbons (Fsp3) is 0.353. The van der Waals surface area contributed by atoms with Crippen LogP contribution in [0.5, 0.6) is 0 Å². The first-order valence-electron chi connectivity index (χ1n) is 7.28. The van der Waals surface area contributed by atoms with Crippen LogP contribution in [0.2, 0.25) is 0 Å². The molecule has 2 N–H and O–H groups in total. The summed E-state index contributed by atoms with van der Waals surface area (Å²) in [5, 5.41) is 0. The monoisotopic (exact) mass is 267 g/mol. The van der Waals surface area contributed by atoms with Crippen molar-refractivity contribution in [1.82, 2.24) is 4.98 Å². The maximum atomic E-state index is 6.34. The van der Waals surface area contributed by atoms with Gasteiger partial charge in [0.25, 0.3) is 0 Å². The molecule has 1 aromatic carbocycles. The molecule has 3 nitrogen and oxygen atoms in total. The lowest BCUT2D eigenvalue weighted by molar-refractivity contribution is 0.851. The van der Waals surface area contributed by atoms with Crippen molar-refractivity contribution in [3.63, 3.8) is 0 Å². The van der Waals surface area contributed by atoms with Crippen LogP contribution in [0, 0.1) is 6.92 Å². The molecule has 0 amide bonds. The van der Waals surface area contributed by atoms with Crippen LogP contribution < -0.4 is 10.6 Å². The Kier molecular flexibility index (Phi) is 3.70. The molecule has 0 saturated carbocycles. The Morgan fingerprint density at radius 2 is 1.80 bits per heavy atom. The first-order valence-corrected chi connectivity index (χ1v) is 7.28. The van der Waals surface area contributed by atoms with Gasteiger partial charge >= 0.3 is 0 Å². The lowest BCUT2D eigenvalue weighted by Gasteiger charge is -2.20. The van der Waals surface area contributed by atoms with Gasteiger partial charge in [0, 0.05) is 19.3 Å². The third-order valence-electron chi connectivity index (χ3n) is 4.00. The first kappa shape index (κ1) is 13.1. The predicted molar refractivity (Wildman–Crippen MR) is 82.9 cm³/mol. The average molecular weight is 267 g/mol.